The minimum absolute atomic E-state index is 0. The van der Waals surface area contributed by atoms with Crippen LogP contribution in [0.15, 0.2) is 41.9 Å². The Hall–Kier alpha value is -2.10. The smallest absolute Gasteiger partial charge is 0.192 e. The predicted molar refractivity (Wildman–Crippen MR) is 110 cm³/mol. The van der Waals surface area contributed by atoms with Gasteiger partial charge in [0.2, 0.25) is 0 Å². The van der Waals surface area contributed by atoms with Gasteiger partial charge in [-0.05, 0) is 24.6 Å². The van der Waals surface area contributed by atoms with Crippen LogP contribution < -0.4 is 15.4 Å². The molecule has 1 heterocycles. The van der Waals surface area contributed by atoms with Crippen molar-refractivity contribution in [2.45, 2.75) is 20.0 Å². The molecule has 0 saturated carbocycles. The van der Waals surface area contributed by atoms with Gasteiger partial charge in [-0.1, -0.05) is 18.2 Å². The molecule has 7 nitrogen and oxygen atoms in total. The molecule has 0 aliphatic heterocycles. The normalized spacial score (nSPS) is 10.8. The number of ether oxygens (including phenoxy) is 1. The first-order chi connectivity index (χ1) is 11.6. The third kappa shape index (κ3) is 6.37. The molecule has 0 bridgehead atoms. The molecule has 1 aromatic heterocycles. The van der Waals surface area contributed by atoms with Crippen LogP contribution in [0.4, 0.5) is 0 Å². The van der Waals surface area contributed by atoms with E-state index >= 15 is 0 Å². The zero-order valence-corrected chi connectivity index (χ0v) is 17.2. The largest absolute Gasteiger partial charge is 0.497 e. The molecule has 0 unspecified atom stereocenters. The molecule has 0 amide bonds. The molecule has 0 fully saturated rings. The van der Waals surface area contributed by atoms with E-state index in [1.165, 1.54) is 0 Å². The quantitative estimate of drug-likeness (QED) is 0.289. The summed E-state index contributed by atoms with van der Waals surface area (Å²) >= 11 is 0. The van der Waals surface area contributed by atoms with Crippen LogP contribution in [0, 0.1) is 6.92 Å². The highest BCUT2D eigenvalue weighted by Gasteiger charge is 2.06. The van der Waals surface area contributed by atoms with Gasteiger partial charge in [0.05, 0.1) is 20.2 Å². The number of aromatic nitrogens is 3. The maximum Gasteiger partial charge on any atom is 0.192 e. The van der Waals surface area contributed by atoms with Gasteiger partial charge in [-0.15, -0.1) is 40.8 Å². The SMILES string of the molecule is C=CCNC(=NCc1cccc(OC)c1)NCc1nnc(C)n1C.I. The summed E-state index contributed by atoms with van der Waals surface area (Å²) in [5.74, 6) is 3.24. The number of aryl methyl sites for hydroxylation is 1. The Kier molecular flexibility index (Phi) is 8.96. The molecule has 0 saturated heterocycles. The van der Waals surface area contributed by atoms with Gasteiger partial charge < -0.3 is 19.9 Å². The summed E-state index contributed by atoms with van der Waals surface area (Å²) in [6.45, 7) is 7.35. The van der Waals surface area contributed by atoms with E-state index < -0.39 is 0 Å². The molecular formula is C17H25IN6O. The van der Waals surface area contributed by atoms with Crippen LogP contribution in [0.5, 0.6) is 5.75 Å². The van der Waals surface area contributed by atoms with Gasteiger partial charge in [-0.3, -0.25) is 0 Å². The van der Waals surface area contributed by atoms with Crippen LogP contribution in [0.1, 0.15) is 17.2 Å². The van der Waals surface area contributed by atoms with Gasteiger partial charge in [-0.25, -0.2) is 4.99 Å². The Morgan fingerprint density at radius 1 is 1.36 bits per heavy atom. The first-order valence-electron chi connectivity index (χ1n) is 7.75. The van der Waals surface area contributed by atoms with E-state index in [0.717, 1.165) is 23.0 Å². The molecule has 25 heavy (non-hydrogen) atoms. The van der Waals surface area contributed by atoms with Gasteiger partial charge in [0.25, 0.3) is 0 Å². The molecule has 2 N–H and O–H groups in total. The van der Waals surface area contributed by atoms with Gasteiger partial charge >= 0.3 is 0 Å². The molecule has 136 valence electrons. The number of hydrogen-bond acceptors (Lipinski definition) is 4. The van der Waals surface area contributed by atoms with Crippen LogP contribution in [0.25, 0.3) is 0 Å². The highest BCUT2D eigenvalue weighted by molar-refractivity contribution is 14.0. The number of nitrogens with one attached hydrogen (secondary N) is 2. The Bertz CT molecular complexity index is 713. The highest BCUT2D eigenvalue weighted by atomic mass is 127. The van der Waals surface area contributed by atoms with Crippen molar-refractivity contribution in [2.75, 3.05) is 13.7 Å². The molecule has 0 radical (unpaired) electrons. The molecular weight excluding hydrogens is 431 g/mol. The van der Waals surface area contributed by atoms with E-state index in [1.54, 1.807) is 13.2 Å². The lowest BCUT2D eigenvalue weighted by atomic mass is 10.2. The maximum atomic E-state index is 5.24. The number of halogens is 1. The summed E-state index contributed by atoms with van der Waals surface area (Å²) in [6.07, 6.45) is 1.79. The van der Waals surface area contributed by atoms with Crippen LogP contribution >= 0.6 is 24.0 Å². The fourth-order valence-electron chi connectivity index (χ4n) is 2.05. The fourth-order valence-corrected chi connectivity index (χ4v) is 2.05. The number of nitrogens with zero attached hydrogens (tertiary/aromatic N) is 4. The van der Waals surface area contributed by atoms with E-state index in [2.05, 4.69) is 32.4 Å². The molecule has 0 aliphatic carbocycles. The summed E-state index contributed by atoms with van der Waals surface area (Å²) in [5, 5.41) is 14.6. The number of rotatable bonds is 7. The number of hydrogen-bond donors (Lipinski definition) is 2. The van der Waals surface area contributed by atoms with Crippen molar-refractivity contribution in [1.29, 1.82) is 0 Å². The molecule has 2 aromatic rings. The van der Waals surface area contributed by atoms with Crippen LogP contribution in [0.3, 0.4) is 0 Å². The first kappa shape index (κ1) is 20.9. The third-order valence-corrected chi connectivity index (χ3v) is 3.56. The molecule has 0 spiro atoms. The Morgan fingerprint density at radius 2 is 2.16 bits per heavy atom. The van der Waals surface area contributed by atoms with Crippen molar-refractivity contribution < 1.29 is 4.74 Å². The summed E-state index contributed by atoms with van der Waals surface area (Å²) in [6, 6.07) is 7.86. The zero-order valence-electron chi connectivity index (χ0n) is 14.8. The van der Waals surface area contributed by atoms with Crippen molar-refractivity contribution in [2.24, 2.45) is 12.0 Å². The van der Waals surface area contributed by atoms with Crippen molar-refractivity contribution in [3.63, 3.8) is 0 Å². The summed E-state index contributed by atoms with van der Waals surface area (Å²) < 4.78 is 7.18. The van der Waals surface area contributed by atoms with Crippen molar-refractivity contribution in [1.82, 2.24) is 25.4 Å². The van der Waals surface area contributed by atoms with E-state index in [0.29, 0.717) is 25.6 Å². The molecule has 2 rings (SSSR count). The second kappa shape index (κ2) is 10.7. The van der Waals surface area contributed by atoms with E-state index in [1.807, 2.05) is 42.8 Å². The van der Waals surface area contributed by atoms with Gasteiger partial charge in [0.1, 0.15) is 11.6 Å². The minimum atomic E-state index is 0. The topological polar surface area (TPSA) is 76.4 Å². The molecule has 8 heteroatoms. The van der Waals surface area contributed by atoms with Crippen LogP contribution in [-0.2, 0) is 20.1 Å². The first-order valence-corrected chi connectivity index (χ1v) is 7.75. The monoisotopic (exact) mass is 456 g/mol. The Morgan fingerprint density at radius 3 is 2.80 bits per heavy atom. The molecule has 0 aliphatic rings. The van der Waals surface area contributed by atoms with Gasteiger partial charge in [0.15, 0.2) is 11.8 Å². The van der Waals surface area contributed by atoms with E-state index in [9.17, 15) is 0 Å². The predicted octanol–water partition coefficient (Wildman–Crippen LogP) is 2.17. The maximum absolute atomic E-state index is 5.24. The number of benzene rings is 1. The van der Waals surface area contributed by atoms with Gasteiger partial charge in [0, 0.05) is 13.6 Å². The summed E-state index contributed by atoms with van der Waals surface area (Å²) in [5.41, 5.74) is 1.07. The minimum Gasteiger partial charge on any atom is -0.497 e. The van der Waals surface area contributed by atoms with E-state index in [4.69, 9.17) is 4.74 Å². The number of methoxy groups -OCH3 is 1. The lowest BCUT2D eigenvalue weighted by molar-refractivity contribution is 0.414. The second-order valence-corrected chi connectivity index (χ2v) is 5.26. The Labute approximate surface area is 165 Å². The van der Waals surface area contributed by atoms with Crippen LogP contribution in [0.2, 0.25) is 0 Å². The average Bonchev–Trinajstić information content (AvgIpc) is 2.93. The summed E-state index contributed by atoms with van der Waals surface area (Å²) in [4.78, 5) is 4.59. The second-order valence-electron chi connectivity index (χ2n) is 5.26. The third-order valence-electron chi connectivity index (χ3n) is 3.56. The lowest BCUT2D eigenvalue weighted by Crippen LogP contribution is -2.37. The standard InChI is InChI=1S/C17H24N6O.HI/c1-5-9-18-17(20-12-16-22-21-13(2)23(16)3)19-11-14-7-6-8-15(10-14)24-4;/h5-8,10H,1,9,11-12H2,2-4H3,(H2,18,19,20);1H. The fraction of sp³-hybridized carbons (Fsp3) is 0.353. The average molecular weight is 456 g/mol. The van der Waals surface area contributed by atoms with E-state index in [-0.39, 0.29) is 24.0 Å². The molecule has 1 aromatic carbocycles. The number of aliphatic imine (C=N–C) groups is 1. The van der Waals surface area contributed by atoms with Gasteiger partial charge in [-0.2, -0.15) is 0 Å². The lowest BCUT2D eigenvalue weighted by Gasteiger charge is -2.11. The highest BCUT2D eigenvalue weighted by Crippen LogP contribution is 2.13. The van der Waals surface area contributed by atoms with Crippen molar-refractivity contribution >= 4 is 29.9 Å². The summed E-state index contributed by atoms with van der Waals surface area (Å²) in [7, 11) is 3.60. The van der Waals surface area contributed by atoms with Crippen LogP contribution in [-0.4, -0.2) is 34.4 Å². The van der Waals surface area contributed by atoms with Crippen molar-refractivity contribution in [3.8, 4) is 5.75 Å². The zero-order chi connectivity index (χ0) is 17.4. The number of guanidine groups is 1. The molecule has 0 atom stereocenters. The van der Waals surface area contributed by atoms with Crippen molar-refractivity contribution in [3.05, 3.63) is 54.1 Å². The Balaban J connectivity index is 0.00000312.